The van der Waals surface area contributed by atoms with E-state index >= 15 is 0 Å². The Bertz CT molecular complexity index is 1010. The zero-order chi connectivity index (χ0) is 18.8. The Morgan fingerprint density at radius 1 is 1.15 bits per heavy atom. The van der Waals surface area contributed by atoms with Gasteiger partial charge in [-0.25, -0.2) is 4.98 Å². The molecule has 4 rings (SSSR count). The molecule has 0 saturated carbocycles. The van der Waals surface area contributed by atoms with Crippen LogP contribution < -0.4 is 15.0 Å². The maximum Gasteiger partial charge on any atom is 0.257 e. The monoisotopic (exact) mass is 361 g/mol. The minimum atomic E-state index is -0.261. The number of rotatable bonds is 4. The first-order valence-corrected chi connectivity index (χ1v) is 8.81. The van der Waals surface area contributed by atoms with E-state index in [0.717, 1.165) is 22.9 Å². The van der Waals surface area contributed by atoms with E-state index in [1.165, 1.54) is 0 Å². The number of nitrogens with one attached hydrogen (secondary N) is 1. The number of hydrogen-bond acceptors (Lipinski definition) is 4. The predicted molar refractivity (Wildman–Crippen MR) is 104 cm³/mol. The van der Waals surface area contributed by atoms with Crippen LogP contribution in [0.15, 0.2) is 54.7 Å². The van der Waals surface area contributed by atoms with Crippen LogP contribution in [0.2, 0.25) is 0 Å². The van der Waals surface area contributed by atoms with Gasteiger partial charge in [0.05, 0.1) is 24.6 Å². The molecule has 6 nitrogen and oxygen atoms in total. The molecule has 1 aliphatic heterocycles. The molecule has 2 heterocycles. The number of ether oxygens (including phenoxy) is 1. The maximum absolute atomic E-state index is 12.8. The molecule has 0 spiro atoms. The van der Waals surface area contributed by atoms with Crippen LogP contribution in [0.25, 0.3) is 10.8 Å². The standard InChI is InChI=1S/C21H19N3O3/c1-27-17-8-3-6-14-5-2-7-16(20(14)17)21(26)23-18-11-10-15(13-22-18)24-12-4-9-19(24)25/h2-3,5-8,10-11,13H,4,9,12H2,1H3,(H,22,23,26). The summed E-state index contributed by atoms with van der Waals surface area (Å²) in [7, 11) is 1.59. The molecular formula is C21H19N3O3. The van der Waals surface area contributed by atoms with E-state index in [1.807, 2.05) is 30.3 Å². The van der Waals surface area contributed by atoms with E-state index in [9.17, 15) is 9.59 Å². The number of carbonyl (C=O) groups excluding carboxylic acids is 2. The first-order valence-electron chi connectivity index (χ1n) is 8.81. The summed E-state index contributed by atoms with van der Waals surface area (Å²) in [4.78, 5) is 30.6. The molecule has 0 bridgehead atoms. The molecular weight excluding hydrogens is 342 g/mol. The lowest BCUT2D eigenvalue weighted by molar-refractivity contribution is -0.117. The highest BCUT2D eigenvalue weighted by Gasteiger charge is 2.22. The Hall–Kier alpha value is -3.41. The molecule has 2 aromatic carbocycles. The average Bonchev–Trinajstić information content (AvgIpc) is 3.13. The van der Waals surface area contributed by atoms with Gasteiger partial charge in [0.2, 0.25) is 5.91 Å². The molecule has 3 aromatic rings. The van der Waals surface area contributed by atoms with Crippen LogP contribution in [0.5, 0.6) is 5.75 Å². The number of hydrogen-bond donors (Lipinski definition) is 1. The van der Waals surface area contributed by atoms with Crippen molar-refractivity contribution in [2.75, 3.05) is 23.9 Å². The lowest BCUT2D eigenvalue weighted by atomic mass is 10.0. The zero-order valence-corrected chi connectivity index (χ0v) is 14.9. The van der Waals surface area contributed by atoms with Gasteiger partial charge in [0.15, 0.2) is 0 Å². The van der Waals surface area contributed by atoms with E-state index in [1.54, 1.807) is 36.4 Å². The van der Waals surface area contributed by atoms with E-state index in [2.05, 4.69) is 10.3 Å². The van der Waals surface area contributed by atoms with Crippen molar-refractivity contribution in [2.45, 2.75) is 12.8 Å². The van der Waals surface area contributed by atoms with Crippen molar-refractivity contribution in [3.05, 3.63) is 60.3 Å². The summed E-state index contributed by atoms with van der Waals surface area (Å²) in [5.74, 6) is 0.926. The topological polar surface area (TPSA) is 71.5 Å². The lowest BCUT2D eigenvalue weighted by Gasteiger charge is -2.15. The highest BCUT2D eigenvalue weighted by atomic mass is 16.5. The largest absolute Gasteiger partial charge is 0.496 e. The molecule has 1 N–H and O–H groups in total. The molecule has 2 amide bonds. The Morgan fingerprint density at radius 3 is 2.63 bits per heavy atom. The first-order chi connectivity index (χ1) is 13.2. The third-order valence-electron chi connectivity index (χ3n) is 4.71. The average molecular weight is 361 g/mol. The molecule has 136 valence electrons. The lowest BCUT2D eigenvalue weighted by Crippen LogP contribution is -2.23. The van der Waals surface area contributed by atoms with Gasteiger partial charge < -0.3 is 15.0 Å². The van der Waals surface area contributed by atoms with E-state index in [4.69, 9.17) is 4.74 Å². The summed E-state index contributed by atoms with van der Waals surface area (Å²) in [6, 6.07) is 14.7. The van der Waals surface area contributed by atoms with Crippen LogP contribution in [0, 0.1) is 0 Å². The molecule has 1 saturated heterocycles. The number of carbonyl (C=O) groups is 2. The highest BCUT2D eigenvalue weighted by molar-refractivity contribution is 6.14. The third-order valence-corrected chi connectivity index (χ3v) is 4.71. The van der Waals surface area contributed by atoms with E-state index < -0.39 is 0 Å². The zero-order valence-electron chi connectivity index (χ0n) is 14.9. The van der Waals surface area contributed by atoms with Gasteiger partial charge in [-0.2, -0.15) is 0 Å². The number of anilines is 2. The number of pyridine rings is 1. The number of nitrogens with zero attached hydrogens (tertiary/aromatic N) is 2. The fourth-order valence-electron chi connectivity index (χ4n) is 3.39. The van der Waals surface area contributed by atoms with Crippen LogP contribution in [-0.4, -0.2) is 30.5 Å². The summed E-state index contributed by atoms with van der Waals surface area (Å²) >= 11 is 0. The van der Waals surface area contributed by atoms with Crippen LogP contribution in [0.3, 0.4) is 0 Å². The fraction of sp³-hybridized carbons (Fsp3) is 0.190. The number of methoxy groups -OCH3 is 1. The summed E-state index contributed by atoms with van der Waals surface area (Å²) in [5.41, 5.74) is 1.27. The van der Waals surface area contributed by atoms with Crippen LogP contribution in [0.1, 0.15) is 23.2 Å². The Balaban J connectivity index is 1.59. The van der Waals surface area contributed by atoms with Crippen molar-refractivity contribution in [1.29, 1.82) is 0 Å². The van der Waals surface area contributed by atoms with Gasteiger partial charge in [-0.15, -0.1) is 0 Å². The van der Waals surface area contributed by atoms with Gasteiger partial charge in [0.1, 0.15) is 11.6 Å². The summed E-state index contributed by atoms with van der Waals surface area (Å²) in [6.45, 7) is 0.710. The Kier molecular flexibility index (Phi) is 4.46. The first kappa shape index (κ1) is 17.0. The Morgan fingerprint density at radius 2 is 1.96 bits per heavy atom. The quantitative estimate of drug-likeness (QED) is 0.770. The molecule has 1 aliphatic rings. The van der Waals surface area contributed by atoms with E-state index in [0.29, 0.717) is 30.1 Å². The van der Waals surface area contributed by atoms with Crippen molar-refractivity contribution in [3.63, 3.8) is 0 Å². The summed E-state index contributed by atoms with van der Waals surface area (Å²) in [6.07, 6.45) is 3.05. The SMILES string of the molecule is COc1cccc2cccc(C(=O)Nc3ccc(N4CCCC4=O)cn3)c12. The van der Waals surface area contributed by atoms with Crippen molar-refractivity contribution < 1.29 is 14.3 Å². The fourth-order valence-corrected chi connectivity index (χ4v) is 3.39. The third kappa shape index (κ3) is 3.21. The summed E-state index contributed by atoms with van der Waals surface area (Å²) < 4.78 is 5.42. The van der Waals surface area contributed by atoms with Gasteiger partial charge in [0, 0.05) is 18.4 Å². The van der Waals surface area contributed by atoms with Crippen molar-refractivity contribution in [3.8, 4) is 5.75 Å². The van der Waals surface area contributed by atoms with Crippen LogP contribution in [-0.2, 0) is 4.79 Å². The van der Waals surface area contributed by atoms with Gasteiger partial charge in [-0.3, -0.25) is 9.59 Å². The van der Waals surface area contributed by atoms with E-state index in [-0.39, 0.29) is 11.8 Å². The van der Waals surface area contributed by atoms with Crippen molar-refractivity contribution >= 4 is 34.1 Å². The molecule has 0 aliphatic carbocycles. The normalized spacial score (nSPS) is 13.8. The number of fused-ring (bicyclic) bond motifs is 1. The molecule has 0 atom stereocenters. The summed E-state index contributed by atoms with van der Waals surface area (Å²) in [5, 5.41) is 4.51. The molecule has 1 aromatic heterocycles. The van der Waals surface area contributed by atoms with Crippen molar-refractivity contribution in [1.82, 2.24) is 4.98 Å². The number of benzene rings is 2. The molecule has 0 unspecified atom stereocenters. The molecule has 27 heavy (non-hydrogen) atoms. The van der Waals surface area contributed by atoms with Crippen molar-refractivity contribution in [2.24, 2.45) is 0 Å². The second kappa shape index (κ2) is 7.07. The van der Waals surface area contributed by atoms with Gasteiger partial charge in [0.25, 0.3) is 5.91 Å². The smallest absolute Gasteiger partial charge is 0.257 e. The predicted octanol–water partition coefficient (Wildman–Crippen LogP) is 3.62. The second-order valence-corrected chi connectivity index (χ2v) is 6.37. The highest BCUT2D eigenvalue weighted by Crippen LogP contribution is 2.29. The van der Waals surface area contributed by atoms with Crippen LogP contribution >= 0.6 is 0 Å². The molecule has 6 heteroatoms. The Labute approximate surface area is 156 Å². The second-order valence-electron chi connectivity index (χ2n) is 6.37. The number of amides is 2. The maximum atomic E-state index is 12.8. The van der Waals surface area contributed by atoms with Gasteiger partial charge in [-0.05, 0) is 36.1 Å². The van der Waals surface area contributed by atoms with Gasteiger partial charge in [-0.1, -0.05) is 24.3 Å². The minimum absolute atomic E-state index is 0.108. The van der Waals surface area contributed by atoms with Gasteiger partial charge >= 0.3 is 0 Å². The molecule has 0 radical (unpaired) electrons. The minimum Gasteiger partial charge on any atom is -0.496 e. The molecule has 1 fully saturated rings. The van der Waals surface area contributed by atoms with Crippen LogP contribution in [0.4, 0.5) is 11.5 Å². The number of aromatic nitrogens is 1.